The van der Waals surface area contributed by atoms with Gasteiger partial charge in [0, 0.05) is 17.6 Å². The monoisotopic (exact) mass is 293 g/mol. The maximum absolute atomic E-state index is 6.43. The van der Waals surface area contributed by atoms with E-state index in [1.807, 2.05) is 48.7 Å². The predicted octanol–water partition coefficient (Wildman–Crippen LogP) is 1.45. The predicted molar refractivity (Wildman–Crippen MR) is 91.0 cm³/mol. The van der Waals surface area contributed by atoms with Crippen molar-refractivity contribution < 1.29 is 0 Å². The van der Waals surface area contributed by atoms with Gasteiger partial charge in [-0.1, -0.05) is 24.3 Å². The van der Waals surface area contributed by atoms with Gasteiger partial charge in [-0.3, -0.25) is 5.73 Å². The largest absolute Gasteiger partial charge is 0.399 e. The highest BCUT2D eigenvalue weighted by atomic mass is 15.1. The van der Waals surface area contributed by atoms with E-state index in [2.05, 4.69) is 5.32 Å². The van der Waals surface area contributed by atoms with E-state index in [-0.39, 0.29) is 0 Å². The lowest BCUT2D eigenvalue weighted by atomic mass is 9.91. The fourth-order valence-corrected chi connectivity index (χ4v) is 2.44. The van der Waals surface area contributed by atoms with Crippen molar-refractivity contribution >= 4 is 16.9 Å². The van der Waals surface area contributed by atoms with Crippen LogP contribution in [0.25, 0.3) is 5.57 Å². The van der Waals surface area contributed by atoms with Gasteiger partial charge < -0.3 is 22.5 Å². The highest BCUT2D eigenvalue weighted by Gasteiger charge is 2.31. The van der Waals surface area contributed by atoms with Gasteiger partial charge in [0.25, 0.3) is 0 Å². The van der Waals surface area contributed by atoms with Crippen molar-refractivity contribution in [2.45, 2.75) is 5.66 Å². The average molecular weight is 293 g/mol. The Bertz CT molecular complexity index is 744. The summed E-state index contributed by atoms with van der Waals surface area (Å²) in [6, 6.07) is 14.9. The Morgan fingerprint density at radius 3 is 1.86 bits per heavy atom. The van der Waals surface area contributed by atoms with Crippen molar-refractivity contribution in [1.82, 2.24) is 5.32 Å². The Balaban J connectivity index is 1.93. The van der Waals surface area contributed by atoms with Gasteiger partial charge in [0.15, 0.2) is 5.66 Å². The number of hydrogen-bond donors (Lipinski definition) is 5. The number of nitrogen functional groups attached to an aromatic ring is 2. The summed E-state index contributed by atoms with van der Waals surface area (Å²) in [6.07, 6.45) is 3.73. The standard InChI is InChI=1S/C17H19N5/c18-14-5-1-11(2-6-14)12-9-16(20)17(21,22-10-12)13-3-7-15(19)8-4-13/h1-10,22H,18-21H2. The Morgan fingerprint density at radius 1 is 0.773 bits per heavy atom. The Kier molecular flexibility index (Phi) is 3.27. The number of nitrogens with two attached hydrogens (primary N) is 4. The number of allylic oxidation sites excluding steroid dienone is 2. The highest BCUT2D eigenvalue weighted by Crippen LogP contribution is 2.29. The van der Waals surface area contributed by atoms with Crippen LogP contribution >= 0.6 is 0 Å². The molecule has 9 N–H and O–H groups in total. The molecule has 1 unspecified atom stereocenters. The van der Waals surface area contributed by atoms with Gasteiger partial charge in [-0.15, -0.1) is 0 Å². The maximum atomic E-state index is 6.43. The zero-order valence-corrected chi connectivity index (χ0v) is 12.1. The lowest BCUT2D eigenvalue weighted by Crippen LogP contribution is -2.53. The SMILES string of the molecule is NC1=CC(c2ccc(N)cc2)=CNC1(N)c1ccc(N)cc1. The van der Waals surface area contributed by atoms with Crippen molar-refractivity contribution in [2.75, 3.05) is 11.5 Å². The molecule has 0 saturated carbocycles. The third kappa shape index (κ3) is 2.38. The van der Waals surface area contributed by atoms with Crippen LogP contribution in [0.15, 0.2) is 66.5 Å². The molecule has 1 heterocycles. The average Bonchev–Trinajstić information content (AvgIpc) is 2.51. The van der Waals surface area contributed by atoms with Crippen LogP contribution in [0.3, 0.4) is 0 Å². The van der Waals surface area contributed by atoms with Crippen LogP contribution in [0.1, 0.15) is 11.1 Å². The molecule has 0 radical (unpaired) electrons. The van der Waals surface area contributed by atoms with E-state index in [1.54, 1.807) is 12.1 Å². The summed E-state index contributed by atoms with van der Waals surface area (Å²) in [4.78, 5) is 0. The van der Waals surface area contributed by atoms with Gasteiger partial charge in [-0.2, -0.15) is 0 Å². The van der Waals surface area contributed by atoms with E-state index in [0.29, 0.717) is 11.4 Å². The zero-order valence-electron chi connectivity index (χ0n) is 12.1. The quantitative estimate of drug-likeness (QED) is 0.537. The van der Waals surface area contributed by atoms with Crippen LogP contribution in [-0.4, -0.2) is 0 Å². The molecule has 0 aliphatic carbocycles. The van der Waals surface area contributed by atoms with Crippen molar-refractivity contribution in [1.29, 1.82) is 0 Å². The summed E-state index contributed by atoms with van der Waals surface area (Å²) in [5.41, 5.74) is 27.9. The van der Waals surface area contributed by atoms with Crippen LogP contribution in [0.4, 0.5) is 11.4 Å². The molecule has 22 heavy (non-hydrogen) atoms. The summed E-state index contributed by atoms with van der Waals surface area (Å²) >= 11 is 0. The number of rotatable bonds is 2. The molecule has 0 amide bonds. The summed E-state index contributed by atoms with van der Waals surface area (Å²) in [5.74, 6) is 0. The van der Waals surface area contributed by atoms with Gasteiger partial charge in [0.2, 0.25) is 0 Å². The van der Waals surface area contributed by atoms with Crippen molar-refractivity contribution in [3.8, 4) is 0 Å². The number of anilines is 2. The fraction of sp³-hybridized carbons (Fsp3) is 0.0588. The van der Waals surface area contributed by atoms with Crippen LogP contribution in [0, 0.1) is 0 Å². The lowest BCUT2D eigenvalue weighted by molar-refractivity contribution is 0.458. The van der Waals surface area contributed by atoms with E-state index in [0.717, 1.165) is 22.4 Å². The molecule has 112 valence electrons. The molecule has 0 bridgehead atoms. The van der Waals surface area contributed by atoms with E-state index in [1.165, 1.54) is 0 Å². The van der Waals surface area contributed by atoms with Gasteiger partial charge >= 0.3 is 0 Å². The lowest BCUT2D eigenvalue weighted by Gasteiger charge is -2.34. The smallest absolute Gasteiger partial charge is 0.153 e. The molecule has 2 aromatic rings. The van der Waals surface area contributed by atoms with Gasteiger partial charge in [0.1, 0.15) is 0 Å². The zero-order chi connectivity index (χ0) is 15.7. The second kappa shape index (κ2) is 5.13. The van der Waals surface area contributed by atoms with Gasteiger partial charge in [0.05, 0.1) is 5.70 Å². The number of dihydropyridines is 1. The second-order valence-electron chi connectivity index (χ2n) is 5.40. The van der Waals surface area contributed by atoms with Crippen molar-refractivity contribution in [3.63, 3.8) is 0 Å². The van der Waals surface area contributed by atoms with E-state index >= 15 is 0 Å². The fourth-order valence-electron chi connectivity index (χ4n) is 2.44. The molecule has 0 spiro atoms. The first-order valence-corrected chi connectivity index (χ1v) is 6.95. The van der Waals surface area contributed by atoms with Gasteiger partial charge in [-0.05, 0) is 47.0 Å². The molecular formula is C17H19N5. The minimum absolute atomic E-state index is 0.534. The molecule has 3 rings (SSSR count). The molecule has 5 nitrogen and oxygen atoms in total. The Labute approximate surface area is 129 Å². The number of benzene rings is 2. The van der Waals surface area contributed by atoms with Gasteiger partial charge in [-0.25, -0.2) is 0 Å². The van der Waals surface area contributed by atoms with E-state index in [9.17, 15) is 0 Å². The number of hydrogen-bond acceptors (Lipinski definition) is 5. The minimum atomic E-state index is -0.939. The molecular weight excluding hydrogens is 274 g/mol. The molecule has 0 aromatic heterocycles. The maximum Gasteiger partial charge on any atom is 0.153 e. The molecule has 1 aliphatic rings. The second-order valence-corrected chi connectivity index (χ2v) is 5.40. The van der Waals surface area contributed by atoms with E-state index < -0.39 is 5.66 Å². The van der Waals surface area contributed by atoms with Crippen LogP contribution < -0.4 is 28.3 Å². The van der Waals surface area contributed by atoms with E-state index in [4.69, 9.17) is 22.9 Å². The third-order valence-corrected chi connectivity index (χ3v) is 3.83. The summed E-state index contributed by atoms with van der Waals surface area (Å²) in [6.45, 7) is 0. The Hall–Kier alpha value is -2.92. The first-order chi connectivity index (χ1) is 10.5. The summed E-state index contributed by atoms with van der Waals surface area (Å²) in [5, 5.41) is 3.19. The third-order valence-electron chi connectivity index (χ3n) is 3.83. The van der Waals surface area contributed by atoms with Crippen molar-refractivity contribution in [2.24, 2.45) is 11.5 Å². The summed E-state index contributed by atoms with van der Waals surface area (Å²) < 4.78 is 0. The molecule has 2 aromatic carbocycles. The van der Waals surface area contributed by atoms with Crippen LogP contribution in [0.5, 0.6) is 0 Å². The molecule has 0 fully saturated rings. The highest BCUT2D eigenvalue weighted by molar-refractivity contribution is 5.77. The molecule has 1 aliphatic heterocycles. The molecule has 1 atom stereocenters. The van der Waals surface area contributed by atoms with Crippen LogP contribution in [0.2, 0.25) is 0 Å². The first kappa shape index (κ1) is 14.0. The Morgan fingerprint density at radius 2 is 1.32 bits per heavy atom. The summed E-state index contributed by atoms with van der Waals surface area (Å²) in [7, 11) is 0. The molecule has 5 heteroatoms. The minimum Gasteiger partial charge on any atom is -0.399 e. The van der Waals surface area contributed by atoms with Crippen molar-refractivity contribution in [3.05, 3.63) is 77.6 Å². The first-order valence-electron chi connectivity index (χ1n) is 6.95. The van der Waals surface area contributed by atoms with Crippen LogP contribution in [-0.2, 0) is 5.66 Å². The topological polar surface area (TPSA) is 116 Å². The molecule has 0 saturated heterocycles. The normalized spacial score (nSPS) is 20.8. The number of nitrogens with one attached hydrogen (secondary N) is 1.